The summed E-state index contributed by atoms with van der Waals surface area (Å²) in [6.07, 6.45) is 1.81. The van der Waals surface area contributed by atoms with Gasteiger partial charge in [-0.05, 0) is 49.1 Å². The average molecular weight is 565 g/mol. The zero-order chi connectivity index (χ0) is 26.5. The normalized spacial score (nSPS) is 11.3. The summed E-state index contributed by atoms with van der Waals surface area (Å²) in [7, 11) is 0. The van der Waals surface area contributed by atoms with Gasteiger partial charge in [0, 0.05) is 40.7 Å². The first-order valence-electron chi connectivity index (χ1n) is 12.5. The van der Waals surface area contributed by atoms with E-state index >= 15 is 0 Å². The number of carbonyl (C=O) groups excluding carboxylic acids is 1. The van der Waals surface area contributed by atoms with Crippen LogP contribution in [0.5, 0.6) is 0 Å². The zero-order valence-electron chi connectivity index (χ0n) is 21.0. The number of nitrogens with zero attached hydrogens (tertiary/aromatic N) is 4. The molecule has 1 N–H and O–H groups in total. The quantitative estimate of drug-likeness (QED) is 0.148. The summed E-state index contributed by atoms with van der Waals surface area (Å²) in [5.74, 6) is 0.741. The van der Waals surface area contributed by atoms with Crippen LogP contribution in [0.2, 0.25) is 10.0 Å². The predicted octanol–water partition coefficient (Wildman–Crippen LogP) is 6.87. The molecule has 0 bridgehead atoms. The molecule has 0 unspecified atom stereocenters. The van der Waals surface area contributed by atoms with Crippen LogP contribution in [0, 0.1) is 6.92 Å². The van der Waals surface area contributed by atoms with E-state index in [2.05, 4.69) is 63.4 Å². The van der Waals surface area contributed by atoms with Crippen molar-refractivity contribution in [3.8, 4) is 0 Å². The van der Waals surface area contributed by atoms with E-state index in [9.17, 15) is 4.79 Å². The molecule has 0 spiro atoms. The number of thioether (sulfide) groups is 1. The molecule has 1 amide bonds. The summed E-state index contributed by atoms with van der Waals surface area (Å²) >= 11 is 13.7. The van der Waals surface area contributed by atoms with Crippen molar-refractivity contribution >= 4 is 62.9 Å². The van der Waals surface area contributed by atoms with Crippen molar-refractivity contribution in [3.05, 3.63) is 93.5 Å². The van der Waals surface area contributed by atoms with Gasteiger partial charge in [0.25, 0.3) is 0 Å². The molecule has 0 atom stereocenters. The van der Waals surface area contributed by atoms with Gasteiger partial charge < -0.3 is 9.88 Å². The number of hydrogen-bond acceptors (Lipinski definition) is 5. The van der Waals surface area contributed by atoms with Gasteiger partial charge in [0.05, 0.1) is 5.52 Å². The molecule has 0 fully saturated rings. The Kier molecular flexibility index (Phi) is 8.47. The maximum Gasteiger partial charge on any atom is 0.220 e. The molecular formula is C29H27Cl2N5OS. The van der Waals surface area contributed by atoms with Gasteiger partial charge in [-0.3, -0.25) is 4.79 Å². The van der Waals surface area contributed by atoms with Crippen LogP contribution in [0.25, 0.3) is 22.1 Å². The molecule has 5 rings (SSSR count). The van der Waals surface area contributed by atoms with Gasteiger partial charge in [-0.2, -0.15) is 0 Å². The minimum atomic E-state index is 0.0171. The zero-order valence-corrected chi connectivity index (χ0v) is 23.3. The summed E-state index contributed by atoms with van der Waals surface area (Å²) in [5.41, 5.74) is 6.12. The SMILES string of the molecule is Cc1cccc(Cn2c3ccccc3c3nnc(SCCCC(=O)NCCc4ccc(Cl)cc4Cl)nc32)c1. The largest absolute Gasteiger partial charge is 0.356 e. The van der Waals surface area contributed by atoms with E-state index in [1.165, 1.54) is 22.9 Å². The maximum atomic E-state index is 12.3. The minimum absolute atomic E-state index is 0.0171. The molecule has 0 saturated heterocycles. The van der Waals surface area contributed by atoms with Crippen LogP contribution in [0.4, 0.5) is 0 Å². The fourth-order valence-corrected chi connectivity index (χ4v) is 5.67. The Morgan fingerprint density at radius 3 is 2.74 bits per heavy atom. The summed E-state index contributed by atoms with van der Waals surface area (Å²) in [6, 6.07) is 22.1. The number of benzene rings is 3. The molecule has 2 heterocycles. The first-order chi connectivity index (χ1) is 18.5. The second kappa shape index (κ2) is 12.2. The van der Waals surface area contributed by atoms with Crippen molar-refractivity contribution in [2.75, 3.05) is 12.3 Å². The minimum Gasteiger partial charge on any atom is -0.356 e. The Morgan fingerprint density at radius 1 is 1.03 bits per heavy atom. The summed E-state index contributed by atoms with van der Waals surface area (Å²) in [5, 5.41) is 14.7. The van der Waals surface area contributed by atoms with Crippen molar-refractivity contribution in [2.24, 2.45) is 0 Å². The number of amides is 1. The molecule has 2 aromatic heterocycles. The number of para-hydroxylation sites is 1. The van der Waals surface area contributed by atoms with E-state index in [0.29, 0.717) is 47.6 Å². The lowest BCUT2D eigenvalue weighted by Gasteiger charge is -2.08. The Hall–Kier alpha value is -3.13. The Bertz CT molecular complexity index is 1600. The summed E-state index contributed by atoms with van der Waals surface area (Å²) in [4.78, 5) is 17.2. The van der Waals surface area contributed by atoms with E-state index in [0.717, 1.165) is 33.4 Å². The Labute approximate surface area is 235 Å². The number of rotatable bonds is 10. The van der Waals surface area contributed by atoms with Crippen LogP contribution >= 0.6 is 35.0 Å². The van der Waals surface area contributed by atoms with Crippen LogP contribution in [0.15, 0.2) is 71.9 Å². The molecule has 0 aliphatic heterocycles. The highest BCUT2D eigenvalue weighted by Crippen LogP contribution is 2.28. The van der Waals surface area contributed by atoms with Gasteiger partial charge >= 0.3 is 0 Å². The van der Waals surface area contributed by atoms with Gasteiger partial charge in [-0.1, -0.05) is 89.1 Å². The molecule has 0 aliphatic rings. The first kappa shape index (κ1) is 26.5. The number of halogens is 2. The van der Waals surface area contributed by atoms with Gasteiger partial charge in [0.1, 0.15) is 5.52 Å². The number of nitrogens with one attached hydrogen (secondary N) is 1. The third-order valence-corrected chi connectivity index (χ3v) is 7.80. The first-order valence-corrected chi connectivity index (χ1v) is 14.2. The van der Waals surface area contributed by atoms with Crippen molar-refractivity contribution < 1.29 is 4.79 Å². The monoisotopic (exact) mass is 563 g/mol. The highest BCUT2D eigenvalue weighted by atomic mass is 35.5. The van der Waals surface area contributed by atoms with Crippen molar-refractivity contribution in [3.63, 3.8) is 0 Å². The standard InChI is InChI=1S/C29H27Cl2N5OS/c1-19-6-4-7-20(16-19)18-36-25-9-3-2-8-23(25)27-28(36)33-29(35-34-27)38-15-5-10-26(37)32-14-13-21-11-12-22(30)17-24(21)31/h2-4,6-9,11-12,16-17H,5,10,13-15,18H2,1H3,(H,32,37). The highest BCUT2D eigenvalue weighted by molar-refractivity contribution is 7.99. The number of aromatic nitrogens is 4. The second-order valence-corrected chi connectivity index (χ2v) is 11.1. The van der Waals surface area contributed by atoms with Gasteiger partial charge in [-0.25, -0.2) is 4.98 Å². The number of fused-ring (bicyclic) bond motifs is 3. The van der Waals surface area contributed by atoms with E-state index in [-0.39, 0.29) is 5.91 Å². The van der Waals surface area contributed by atoms with Crippen molar-refractivity contribution in [1.29, 1.82) is 0 Å². The van der Waals surface area contributed by atoms with Gasteiger partial charge in [-0.15, -0.1) is 10.2 Å². The molecule has 0 radical (unpaired) electrons. The molecule has 5 aromatic rings. The number of aryl methyl sites for hydroxylation is 1. The van der Waals surface area contributed by atoms with Crippen molar-refractivity contribution in [2.45, 2.75) is 37.9 Å². The van der Waals surface area contributed by atoms with Crippen LogP contribution < -0.4 is 5.32 Å². The van der Waals surface area contributed by atoms with E-state index in [1.807, 2.05) is 18.2 Å². The van der Waals surface area contributed by atoms with Gasteiger partial charge in [0.2, 0.25) is 11.1 Å². The maximum absolute atomic E-state index is 12.3. The average Bonchev–Trinajstić information content (AvgIpc) is 3.21. The Balaban J connectivity index is 1.19. The Morgan fingerprint density at radius 2 is 1.89 bits per heavy atom. The third-order valence-electron chi connectivity index (χ3n) is 6.29. The van der Waals surface area contributed by atoms with Crippen LogP contribution in [0.3, 0.4) is 0 Å². The van der Waals surface area contributed by atoms with Crippen molar-refractivity contribution in [1.82, 2.24) is 25.1 Å². The predicted molar refractivity (Wildman–Crippen MR) is 156 cm³/mol. The smallest absolute Gasteiger partial charge is 0.220 e. The molecule has 3 aromatic carbocycles. The van der Waals surface area contributed by atoms with Crippen LogP contribution in [-0.2, 0) is 17.8 Å². The molecule has 0 aliphatic carbocycles. The molecule has 194 valence electrons. The number of carbonyl (C=O) groups is 1. The molecule has 38 heavy (non-hydrogen) atoms. The lowest BCUT2D eigenvalue weighted by molar-refractivity contribution is -0.121. The third kappa shape index (κ3) is 6.29. The van der Waals surface area contributed by atoms with Crippen LogP contribution in [0.1, 0.15) is 29.5 Å². The van der Waals surface area contributed by atoms with E-state index < -0.39 is 0 Å². The van der Waals surface area contributed by atoms with E-state index in [4.69, 9.17) is 28.2 Å². The number of hydrogen-bond donors (Lipinski definition) is 1. The fourth-order valence-electron chi connectivity index (χ4n) is 4.45. The fraction of sp³-hybridized carbons (Fsp3) is 0.241. The molecule has 9 heteroatoms. The van der Waals surface area contributed by atoms with Crippen LogP contribution in [-0.4, -0.2) is 38.0 Å². The highest BCUT2D eigenvalue weighted by Gasteiger charge is 2.15. The van der Waals surface area contributed by atoms with E-state index in [1.54, 1.807) is 12.1 Å². The summed E-state index contributed by atoms with van der Waals surface area (Å²) in [6.45, 7) is 3.34. The van der Waals surface area contributed by atoms with Gasteiger partial charge in [0.15, 0.2) is 5.65 Å². The molecule has 0 saturated carbocycles. The topological polar surface area (TPSA) is 72.7 Å². The lowest BCUT2D eigenvalue weighted by Crippen LogP contribution is -2.25. The molecular weight excluding hydrogens is 537 g/mol. The summed E-state index contributed by atoms with van der Waals surface area (Å²) < 4.78 is 2.21. The lowest BCUT2D eigenvalue weighted by atomic mass is 10.1. The molecule has 6 nitrogen and oxygen atoms in total. The second-order valence-electron chi connectivity index (χ2n) is 9.15.